The van der Waals surface area contributed by atoms with E-state index in [9.17, 15) is 9.18 Å². The molecular formula is C22H28FN5O. The Hall–Kier alpha value is -2.54. The lowest BCUT2D eigenvalue weighted by Gasteiger charge is -2.34. The Labute approximate surface area is 170 Å². The number of carbonyl (C=O) groups is 1. The fourth-order valence-corrected chi connectivity index (χ4v) is 4.51. The van der Waals surface area contributed by atoms with Crippen molar-refractivity contribution in [3.8, 4) is 0 Å². The minimum Gasteiger partial charge on any atom is -0.382 e. The maximum absolute atomic E-state index is 14.0. The number of fused-ring (bicyclic) bond motifs is 1. The van der Waals surface area contributed by atoms with E-state index < -0.39 is 0 Å². The summed E-state index contributed by atoms with van der Waals surface area (Å²) in [6.07, 6.45) is 5.59. The van der Waals surface area contributed by atoms with E-state index in [1.54, 1.807) is 12.3 Å². The molecule has 7 heteroatoms. The summed E-state index contributed by atoms with van der Waals surface area (Å²) < 4.78 is 14.0. The summed E-state index contributed by atoms with van der Waals surface area (Å²) in [6, 6.07) is 7.31. The summed E-state index contributed by atoms with van der Waals surface area (Å²) in [5.41, 5.74) is 1.45. The number of amides is 1. The molecule has 3 heterocycles. The van der Waals surface area contributed by atoms with Gasteiger partial charge in [0.2, 0.25) is 5.91 Å². The second-order valence-electron chi connectivity index (χ2n) is 8.01. The van der Waals surface area contributed by atoms with Gasteiger partial charge in [-0.05, 0) is 50.6 Å². The average molecular weight is 397 g/mol. The zero-order chi connectivity index (χ0) is 20.2. The smallest absolute Gasteiger partial charge is 0.237 e. The van der Waals surface area contributed by atoms with Crippen molar-refractivity contribution in [1.82, 2.24) is 14.8 Å². The lowest BCUT2D eigenvalue weighted by molar-refractivity contribution is -0.133. The molecule has 154 valence electrons. The minimum atomic E-state index is -0.282. The minimum absolute atomic E-state index is 0.199. The van der Waals surface area contributed by atoms with Crippen LogP contribution in [0.25, 0.3) is 10.9 Å². The fraction of sp³-hybridized carbons (Fsp3) is 0.500. The highest BCUT2D eigenvalue weighted by atomic mass is 19.1. The van der Waals surface area contributed by atoms with E-state index in [-0.39, 0.29) is 23.8 Å². The first-order valence-electron chi connectivity index (χ1n) is 10.4. The molecule has 2 fully saturated rings. The van der Waals surface area contributed by atoms with Gasteiger partial charge in [0.25, 0.3) is 0 Å². The van der Waals surface area contributed by atoms with Gasteiger partial charge in [0.1, 0.15) is 5.82 Å². The number of hydrogen-bond donors (Lipinski definition) is 1. The number of carbonyl (C=O) groups excluding carboxylic acids is 1. The summed E-state index contributed by atoms with van der Waals surface area (Å²) in [4.78, 5) is 25.1. The number of piperidine rings is 1. The third-order valence-corrected chi connectivity index (χ3v) is 6.03. The molecule has 4 rings (SSSR count). The molecule has 1 aromatic carbocycles. The van der Waals surface area contributed by atoms with E-state index in [4.69, 9.17) is 0 Å². The van der Waals surface area contributed by atoms with Crippen LogP contribution in [0.4, 0.5) is 10.1 Å². The van der Waals surface area contributed by atoms with Crippen molar-refractivity contribution < 1.29 is 9.18 Å². The second-order valence-corrected chi connectivity index (χ2v) is 8.01. The second kappa shape index (κ2) is 8.86. The van der Waals surface area contributed by atoms with Gasteiger partial charge in [-0.25, -0.2) is 4.39 Å². The first-order chi connectivity index (χ1) is 14.1. The Morgan fingerprint density at radius 2 is 2.10 bits per heavy atom. The molecule has 1 N–H and O–H groups in total. The van der Waals surface area contributed by atoms with Crippen molar-refractivity contribution in [2.24, 2.45) is 4.99 Å². The molecule has 0 saturated carbocycles. The first-order valence-corrected chi connectivity index (χ1v) is 10.4. The standard InChI is InChI=1S/C22H28FN5O/c1-24-14-18-4-3-9-28(18)22(29)15-27-10-6-17(7-11-27)26-21-13-16(23)12-20-19(21)5-2-8-25-20/h2,5,8,12-13,17-18,26H,1,3-4,6-7,9-11,14-15H2/t18-/m0/s1. The van der Waals surface area contributed by atoms with Crippen LogP contribution in [0, 0.1) is 5.82 Å². The highest BCUT2D eigenvalue weighted by Gasteiger charge is 2.30. The van der Waals surface area contributed by atoms with Crippen LogP contribution in [-0.2, 0) is 4.79 Å². The van der Waals surface area contributed by atoms with Gasteiger partial charge in [0.05, 0.1) is 24.6 Å². The van der Waals surface area contributed by atoms with Crippen molar-refractivity contribution in [3.63, 3.8) is 0 Å². The lowest BCUT2D eigenvalue weighted by atomic mass is 10.0. The van der Waals surface area contributed by atoms with Crippen molar-refractivity contribution in [3.05, 3.63) is 36.3 Å². The number of hydrogen-bond acceptors (Lipinski definition) is 5. The third-order valence-electron chi connectivity index (χ3n) is 6.03. The van der Waals surface area contributed by atoms with Crippen molar-refractivity contribution in [2.75, 3.05) is 38.0 Å². The largest absolute Gasteiger partial charge is 0.382 e. The summed E-state index contributed by atoms with van der Waals surface area (Å²) in [5, 5.41) is 4.43. The number of anilines is 1. The van der Waals surface area contributed by atoms with Gasteiger partial charge in [-0.2, -0.15) is 0 Å². The van der Waals surface area contributed by atoms with Crippen molar-refractivity contribution >= 4 is 29.2 Å². The van der Waals surface area contributed by atoms with Gasteiger partial charge in [0.15, 0.2) is 0 Å². The zero-order valence-electron chi connectivity index (χ0n) is 16.7. The van der Waals surface area contributed by atoms with E-state index in [0.29, 0.717) is 18.6 Å². The molecule has 0 bridgehead atoms. The number of pyridine rings is 1. The Kier molecular flexibility index (Phi) is 6.04. The molecule has 2 saturated heterocycles. The number of halogens is 1. The van der Waals surface area contributed by atoms with Crippen LogP contribution in [0.3, 0.4) is 0 Å². The lowest BCUT2D eigenvalue weighted by Crippen LogP contribution is -2.47. The molecular weight excluding hydrogens is 369 g/mol. The van der Waals surface area contributed by atoms with Crippen LogP contribution in [0.15, 0.2) is 35.5 Å². The molecule has 1 atom stereocenters. The topological polar surface area (TPSA) is 60.8 Å². The van der Waals surface area contributed by atoms with E-state index >= 15 is 0 Å². The predicted octanol–water partition coefficient (Wildman–Crippen LogP) is 2.94. The number of aromatic nitrogens is 1. The van der Waals surface area contributed by atoms with Gasteiger partial charge in [-0.1, -0.05) is 0 Å². The van der Waals surface area contributed by atoms with Crippen LogP contribution in [0.2, 0.25) is 0 Å². The Bertz CT molecular complexity index is 881. The van der Waals surface area contributed by atoms with Crippen LogP contribution < -0.4 is 5.32 Å². The van der Waals surface area contributed by atoms with Gasteiger partial charge in [0, 0.05) is 49.0 Å². The predicted molar refractivity (Wildman–Crippen MR) is 114 cm³/mol. The highest BCUT2D eigenvalue weighted by molar-refractivity contribution is 5.91. The SMILES string of the molecule is C=NC[C@@H]1CCCN1C(=O)CN1CCC(Nc2cc(F)cc3ncccc23)CC1. The normalized spacial score (nSPS) is 20.9. The number of aliphatic imine (C=N–C) groups is 1. The Balaban J connectivity index is 1.32. The molecule has 0 unspecified atom stereocenters. The molecule has 2 aromatic rings. The summed E-state index contributed by atoms with van der Waals surface area (Å²) >= 11 is 0. The van der Waals surface area contributed by atoms with Crippen LogP contribution in [-0.4, -0.2) is 72.2 Å². The van der Waals surface area contributed by atoms with E-state index in [2.05, 4.69) is 26.9 Å². The summed E-state index contributed by atoms with van der Waals surface area (Å²) in [6.45, 7) is 7.21. The van der Waals surface area contributed by atoms with Crippen LogP contribution in [0.1, 0.15) is 25.7 Å². The monoisotopic (exact) mass is 397 g/mol. The molecule has 0 radical (unpaired) electrons. The van der Waals surface area contributed by atoms with Gasteiger partial charge in [-0.15, -0.1) is 0 Å². The number of nitrogens with zero attached hydrogens (tertiary/aromatic N) is 4. The maximum atomic E-state index is 14.0. The molecule has 0 spiro atoms. The Morgan fingerprint density at radius 1 is 1.28 bits per heavy atom. The molecule has 1 amide bonds. The number of nitrogens with one attached hydrogen (secondary N) is 1. The van der Waals surface area contributed by atoms with Gasteiger partial charge in [-0.3, -0.25) is 19.7 Å². The maximum Gasteiger partial charge on any atom is 0.237 e. The van der Waals surface area contributed by atoms with Crippen molar-refractivity contribution in [1.29, 1.82) is 0 Å². The van der Waals surface area contributed by atoms with E-state index in [1.807, 2.05) is 17.0 Å². The van der Waals surface area contributed by atoms with Gasteiger partial charge < -0.3 is 10.2 Å². The molecule has 29 heavy (non-hydrogen) atoms. The Morgan fingerprint density at radius 3 is 2.90 bits per heavy atom. The molecule has 6 nitrogen and oxygen atoms in total. The zero-order valence-corrected chi connectivity index (χ0v) is 16.7. The summed E-state index contributed by atoms with van der Waals surface area (Å²) in [5.74, 6) is -0.0827. The molecule has 2 aliphatic rings. The fourth-order valence-electron chi connectivity index (χ4n) is 4.51. The molecule has 1 aromatic heterocycles. The highest BCUT2D eigenvalue weighted by Crippen LogP contribution is 2.26. The third kappa shape index (κ3) is 4.56. The molecule has 2 aliphatic heterocycles. The average Bonchev–Trinajstić information content (AvgIpc) is 3.18. The van der Waals surface area contributed by atoms with Gasteiger partial charge >= 0.3 is 0 Å². The van der Waals surface area contributed by atoms with Crippen LogP contribution >= 0.6 is 0 Å². The number of rotatable bonds is 6. The summed E-state index contributed by atoms with van der Waals surface area (Å²) in [7, 11) is 0. The number of likely N-dealkylation sites (tertiary alicyclic amines) is 2. The van der Waals surface area contributed by atoms with Crippen LogP contribution in [0.5, 0.6) is 0 Å². The van der Waals surface area contributed by atoms with E-state index in [0.717, 1.165) is 56.4 Å². The number of benzene rings is 1. The first kappa shape index (κ1) is 19.8. The van der Waals surface area contributed by atoms with E-state index in [1.165, 1.54) is 6.07 Å². The quantitative estimate of drug-likeness (QED) is 0.762. The van der Waals surface area contributed by atoms with Crippen molar-refractivity contribution in [2.45, 2.75) is 37.8 Å². The molecule has 0 aliphatic carbocycles.